The first-order valence-corrected chi connectivity index (χ1v) is 6.89. The Bertz CT molecular complexity index is 521. The fourth-order valence-corrected chi connectivity index (χ4v) is 2.27. The molecule has 1 heterocycles. The van der Waals surface area contributed by atoms with Crippen LogP contribution in [0, 0.1) is 6.92 Å². The van der Waals surface area contributed by atoms with Crippen LogP contribution in [0.5, 0.6) is 0 Å². The number of carboxylic acid groups (broad SMARTS) is 1. The van der Waals surface area contributed by atoms with Gasteiger partial charge in [-0.2, -0.15) is 0 Å². The van der Waals surface area contributed by atoms with Crippen molar-refractivity contribution in [1.82, 2.24) is 10.6 Å². The summed E-state index contributed by atoms with van der Waals surface area (Å²) < 4.78 is 5.10. The van der Waals surface area contributed by atoms with E-state index >= 15 is 0 Å². The van der Waals surface area contributed by atoms with Gasteiger partial charge in [0.25, 0.3) is 0 Å². The molecule has 0 radical (unpaired) electrons. The fraction of sp³-hybridized carbons (Fsp3) is 0.467. The number of ether oxygens (including phenoxy) is 1. The molecule has 0 aliphatic carbocycles. The van der Waals surface area contributed by atoms with Gasteiger partial charge in [0, 0.05) is 13.0 Å². The number of carboxylic acids is 1. The van der Waals surface area contributed by atoms with Crippen LogP contribution in [0.2, 0.25) is 0 Å². The van der Waals surface area contributed by atoms with E-state index in [1.54, 1.807) is 0 Å². The van der Waals surface area contributed by atoms with Crippen LogP contribution in [0.25, 0.3) is 0 Å². The molecule has 1 fully saturated rings. The number of rotatable bonds is 4. The number of hydrogen-bond donors (Lipinski definition) is 3. The molecule has 3 N–H and O–H groups in total. The van der Waals surface area contributed by atoms with Gasteiger partial charge in [-0.3, -0.25) is 0 Å². The van der Waals surface area contributed by atoms with Gasteiger partial charge in [0.1, 0.15) is 0 Å². The third-order valence-corrected chi connectivity index (χ3v) is 3.71. The maximum Gasteiger partial charge on any atom is 0.332 e. The number of benzene rings is 1. The summed E-state index contributed by atoms with van der Waals surface area (Å²) in [6.45, 7) is 4.17. The van der Waals surface area contributed by atoms with E-state index in [-0.39, 0.29) is 19.1 Å². The normalized spacial score (nSPS) is 22.6. The Hall–Kier alpha value is -2.08. The minimum Gasteiger partial charge on any atom is -0.479 e. The van der Waals surface area contributed by atoms with Crippen LogP contribution in [-0.4, -0.2) is 35.9 Å². The lowest BCUT2D eigenvalue weighted by Gasteiger charge is -2.25. The molecule has 2 atom stereocenters. The summed E-state index contributed by atoms with van der Waals surface area (Å²) in [4.78, 5) is 23.3. The molecule has 114 valence electrons. The number of urea groups is 1. The lowest BCUT2D eigenvalue weighted by Crippen LogP contribution is -2.57. The van der Waals surface area contributed by atoms with Gasteiger partial charge < -0.3 is 20.5 Å². The molecule has 2 amide bonds. The summed E-state index contributed by atoms with van der Waals surface area (Å²) in [7, 11) is 0. The average Bonchev–Trinajstić information content (AvgIpc) is 2.89. The number of nitrogens with one attached hydrogen (secondary N) is 2. The Labute approximate surface area is 123 Å². The Morgan fingerprint density at radius 2 is 2.00 bits per heavy atom. The van der Waals surface area contributed by atoms with E-state index in [1.165, 1.54) is 0 Å². The summed E-state index contributed by atoms with van der Waals surface area (Å²) in [6.07, 6.45) is 0.272. The van der Waals surface area contributed by atoms with Gasteiger partial charge in [-0.05, 0) is 19.4 Å². The maximum atomic E-state index is 12.0. The average molecular weight is 292 g/mol. The molecule has 0 spiro atoms. The van der Waals surface area contributed by atoms with E-state index in [2.05, 4.69) is 10.6 Å². The summed E-state index contributed by atoms with van der Waals surface area (Å²) >= 11 is 0. The molecule has 0 saturated carbocycles. The van der Waals surface area contributed by atoms with Crippen LogP contribution in [0.1, 0.15) is 30.5 Å². The van der Waals surface area contributed by atoms with E-state index in [4.69, 9.17) is 4.74 Å². The zero-order chi connectivity index (χ0) is 15.5. The van der Waals surface area contributed by atoms with Crippen molar-refractivity contribution < 1.29 is 19.4 Å². The van der Waals surface area contributed by atoms with Crippen molar-refractivity contribution in [2.45, 2.75) is 31.8 Å². The predicted octanol–water partition coefficient (Wildman–Crippen LogP) is 1.60. The molecule has 2 rings (SSSR count). The van der Waals surface area contributed by atoms with Crippen molar-refractivity contribution in [2.24, 2.45) is 0 Å². The molecule has 6 nitrogen and oxygen atoms in total. The van der Waals surface area contributed by atoms with Crippen LogP contribution in [-0.2, 0) is 9.53 Å². The van der Waals surface area contributed by atoms with E-state index in [9.17, 15) is 14.7 Å². The van der Waals surface area contributed by atoms with Crippen molar-refractivity contribution in [3.63, 3.8) is 0 Å². The molecule has 6 heteroatoms. The third kappa shape index (κ3) is 3.52. The highest BCUT2D eigenvalue weighted by Gasteiger charge is 2.44. The van der Waals surface area contributed by atoms with Crippen molar-refractivity contribution >= 4 is 12.0 Å². The quantitative estimate of drug-likeness (QED) is 0.786. The Morgan fingerprint density at radius 1 is 1.33 bits per heavy atom. The maximum absolute atomic E-state index is 12.0. The molecular weight excluding hydrogens is 272 g/mol. The topological polar surface area (TPSA) is 87.7 Å². The van der Waals surface area contributed by atoms with Gasteiger partial charge in [0.2, 0.25) is 0 Å². The van der Waals surface area contributed by atoms with Gasteiger partial charge in [-0.25, -0.2) is 9.59 Å². The molecule has 0 bridgehead atoms. The minimum atomic E-state index is -1.32. The first-order valence-electron chi connectivity index (χ1n) is 6.89. The third-order valence-electron chi connectivity index (χ3n) is 3.71. The standard InChI is InChI=1S/C15H20N2O4/c1-10-3-5-12(6-4-10)11(2)16-14(20)17-15(13(18)19)7-8-21-9-15/h3-6,11H,7-9H2,1-2H3,(H,18,19)(H2,16,17,20). The van der Waals surface area contributed by atoms with E-state index in [0.717, 1.165) is 11.1 Å². The van der Waals surface area contributed by atoms with Crippen molar-refractivity contribution in [2.75, 3.05) is 13.2 Å². The Balaban J connectivity index is 1.97. The second-order valence-electron chi connectivity index (χ2n) is 5.42. The Kier molecular flexibility index (Phi) is 4.47. The SMILES string of the molecule is Cc1ccc(C(C)NC(=O)NC2(C(=O)O)CCOC2)cc1. The lowest BCUT2D eigenvalue weighted by molar-refractivity contribution is -0.144. The molecule has 2 unspecified atom stereocenters. The summed E-state index contributed by atoms with van der Waals surface area (Å²) in [6, 6.07) is 7.09. The highest BCUT2D eigenvalue weighted by molar-refractivity contribution is 5.86. The first-order chi connectivity index (χ1) is 9.93. The second kappa shape index (κ2) is 6.13. The molecule has 1 aromatic carbocycles. The smallest absolute Gasteiger partial charge is 0.332 e. The monoisotopic (exact) mass is 292 g/mol. The van der Waals surface area contributed by atoms with Crippen LogP contribution >= 0.6 is 0 Å². The highest BCUT2D eigenvalue weighted by atomic mass is 16.5. The van der Waals surface area contributed by atoms with E-state index in [0.29, 0.717) is 6.61 Å². The van der Waals surface area contributed by atoms with Crippen molar-refractivity contribution in [3.8, 4) is 0 Å². The van der Waals surface area contributed by atoms with E-state index < -0.39 is 17.5 Å². The first kappa shape index (κ1) is 15.3. The zero-order valence-electron chi connectivity index (χ0n) is 12.2. The van der Waals surface area contributed by atoms with Gasteiger partial charge in [-0.15, -0.1) is 0 Å². The highest BCUT2D eigenvalue weighted by Crippen LogP contribution is 2.19. The van der Waals surface area contributed by atoms with Crippen LogP contribution < -0.4 is 10.6 Å². The molecule has 1 aliphatic rings. The van der Waals surface area contributed by atoms with Crippen LogP contribution in [0.4, 0.5) is 4.79 Å². The van der Waals surface area contributed by atoms with Gasteiger partial charge in [-0.1, -0.05) is 29.8 Å². The molecule has 1 aliphatic heterocycles. The molecule has 21 heavy (non-hydrogen) atoms. The largest absolute Gasteiger partial charge is 0.479 e. The number of aryl methyl sites for hydroxylation is 1. The van der Waals surface area contributed by atoms with Gasteiger partial charge in [0.15, 0.2) is 5.54 Å². The number of amides is 2. The van der Waals surface area contributed by atoms with Crippen LogP contribution in [0.3, 0.4) is 0 Å². The number of hydrogen-bond acceptors (Lipinski definition) is 3. The fourth-order valence-electron chi connectivity index (χ4n) is 2.27. The summed E-state index contributed by atoms with van der Waals surface area (Å²) in [5, 5.41) is 14.6. The Morgan fingerprint density at radius 3 is 2.52 bits per heavy atom. The van der Waals surface area contributed by atoms with Crippen molar-refractivity contribution in [1.29, 1.82) is 0 Å². The number of aliphatic carboxylic acids is 1. The van der Waals surface area contributed by atoms with Gasteiger partial charge in [0.05, 0.1) is 12.6 Å². The molecule has 0 aromatic heterocycles. The number of carbonyl (C=O) groups excluding carboxylic acids is 1. The number of carbonyl (C=O) groups is 2. The molecule has 1 saturated heterocycles. The van der Waals surface area contributed by atoms with Crippen molar-refractivity contribution in [3.05, 3.63) is 35.4 Å². The van der Waals surface area contributed by atoms with Gasteiger partial charge >= 0.3 is 12.0 Å². The lowest BCUT2D eigenvalue weighted by atomic mass is 9.99. The predicted molar refractivity (Wildman–Crippen MR) is 77.1 cm³/mol. The summed E-state index contributed by atoms with van der Waals surface area (Å²) in [5.74, 6) is -1.07. The van der Waals surface area contributed by atoms with E-state index in [1.807, 2.05) is 38.1 Å². The minimum absolute atomic E-state index is 0.00529. The molecule has 1 aromatic rings. The zero-order valence-corrected chi connectivity index (χ0v) is 12.2. The molecular formula is C15H20N2O4. The second-order valence-corrected chi connectivity index (χ2v) is 5.42. The summed E-state index contributed by atoms with van der Waals surface area (Å²) in [5.41, 5.74) is 0.781. The van der Waals surface area contributed by atoms with Crippen LogP contribution in [0.15, 0.2) is 24.3 Å².